The lowest BCUT2D eigenvalue weighted by atomic mass is 10.1. The molecule has 0 saturated heterocycles. The molecular weight excluding hydrogens is 250 g/mol. The molecule has 0 atom stereocenters. The summed E-state index contributed by atoms with van der Waals surface area (Å²) < 4.78 is 0. The van der Waals surface area contributed by atoms with E-state index in [-0.39, 0.29) is 18.1 Å². The highest BCUT2D eigenvalue weighted by Crippen LogP contribution is 2.24. The molecule has 0 radical (unpaired) electrons. The lowest BCUT2D eigenvalue weighted by Crippen LogP contribution is -2.11. The monoisotopic (exact) mass is 263 g/mol. The number of nitrogens with one attached hydrogen (secondary N) is 2. The Bertz CT molecular complexity index is 581. The third-order valence-corrected chi connectivity index (χ3v) is 3.38. The third-order valence-electron chi connectivity index (χ3n) is 2.46. The van der Waals surface area contributed by atoms with Crippen molar-refractivity contribution in [3.63, 3.8) is 0 Å². The summed E-state index contributed by atoms with van der Waals surface area (Å²) in [7, 11) is 1.71. The summed E-state index contributed by atoms with van der Waals surface area (Å²) in [5.74, 6) is 0.778. The van der Waals surface area contributed by atoms with Gasteiger partial charge in [0, 0.05) is 22.9 Å². The third kappa shape index (κ3) is 2.18. The molecule has 0 fully saturated rings. The molecule has 0 aliphatic carbocycles. The zero-order chi connectivity index (χ0) is 13.1. The second-order valence-corrected chi connectivity index (χ2v) is 4.56. The van der Waals surface area contributed by atoms with Crippen LogP contribution in [0.4, 0.5) is 11.6 Å². The molecule has 0 amide bonds. The van der Waals surface area contributed by atoms with E-state index in [1.54, 1.807) is 18.5 Å². The first-order valence-corrected chi connectivity index (χ1v) is 6.11. The highest BCUT2D eigenvalue weighted by Gasteiger charge is 2.16. The van der Waals surface area contributed by atoms with Crippen LogP contribution >= 0.6 is 11.3 Å². The van der Waals surface area contributed by atoms with Crippen LogP contribution in [0.5, 0.6) is 0 Å². The first kappa shape index (κ1) is 12.5. The predicted molar refractivity (Wildman–Crippen MR) is 72.2 cm³/mol. The molecule has 94 valence electrons. The predicted octanol–water partition coefficient (Wildman–Crippen LogP) is 1.07. The number of nitrogens with two attached hydrogens (primary N) is 1. The Kier molecular flexibility index (Phi) is 3.54. The fourth-order valence-electron chi connectivity index (χ4n) is 1.57. The Hall–Kier alpha value is -1.99. The van der Waals surface area contributed by atoms with E-state index < -0.39 is 0 Å². The van der Waals surface area contributed by atoms with E-state index in [0.717, 1.165) is 4.88 Å². The van der Waals surface area contributed by atoms with Crippen molar-refractivity contribution in [1.82, 2.24) is 9.97 Å². The Labute approximate surface area is 108 Å². The summed E-state index contributed by atoms with van der Waals surface area (Å²) >= 11 is 1.40. The maximum atomic E-state index is 9.04. The summed E-state index contributed by atoms with van der Waals surface area (Å²) in [5, 5.41) is 21.9. The van der Waals surface area contributed by atoms with Gasteiger partial charge in [-0.2, -0.15) is 0 Å². The van der Waals surface area contributed by atoms with E-state index in [1.165, 1.54) is 17.7 Å². The van der Waals surface area contributed by atoms with Gasteiger partial charge in [0.05, 0.1) is 17.9 Å². The van der Waals surface area contributed by atoms with Crippen molar-refractivity contribution >= 4 is 28.7 Å². The summed E-state index contributed by atoms with van der Waals surface area (Å²) in [6.45, 7) is -0.0302. The molecule has 0 aliphatic rings. The summed E-state index contributed by atoms with van der Waals surface area (Å²) in [5.41, 5.74) is 7.21. The van der Waals surface area contributed by atoms with Crippen LogP contribution in [0.2, 0.25) is 0 Å². The van der Waals surface area contributed by atoms with Gasteiger partial charge < -0.3 is 16.2 Å². The molecule has 0 saturated carbocycles. The summed E-state index contributed by atoms with van der Waals surface area (Å²) in [6, 6.07) is 1.76. The molecule has 0 bridgehead atoms. The molecule has 0 aromatic carbocycles. The topological polar surface area (TPSA) is 108 Å². The Morgan fingerprint density at radius 3 is 2.94 bits per heavy atom. The molecule has 5 N–H and O–H groups in total. The van der Waals surface area contributed by atoms with Gasteiger partial charge in [0.2, 0.25) is 0 Å². The van der Waals surface area contributed by atoms with E-state index in [1.807, 2.05) is 0 Å². The molecule has 0 aliphatic heterocycles. The standard InChI is InChI=1S/C11H13N5OS/c1-14-11-8(10(13)15-5-16-11)9(12)6-2-7(3-17)18-4-6/h2,4-5,12,17H,3H2,1H3,(H3,13,14,15,16). The van der Waals surface area contributed by atoms with Crippen LogP contribution in [0.1, 0.15) is 16.0 Å². The van der Waals surface area contributed by atoms with E-state index >= 15 is 0 Å². The van der Waals surface area contributed by atoms with Crippen LogP contribution in [0, 0.1) is 5.41 Å². The molecule has 6 nitrogen and oxygen atoms in total. The molecule has 7 heteroatoms. The van der Waals surface area contributed by atoms with Gasteiger partial charge >= 0.3 is 0 Å². The lowest BCUT2D eigenvalue weighted by Gasteiger charge is -2.09. The van der Waals surface area contributed by atoms with Gasteiger partial charge in [0.15, 0.2) is 0 Å². The average Bonchev–Trinajstić information content (AvgIpc) is 2.86. The summed E-state index contributed by atoms with van der Waals surface area (Å²) in [6.07, 6.45) is 1.35. The maximum Gasteiger partial charge on any atom is 0.140 e. The molecule has 0 spiro atoms. The number of nitrogens with zero attached hydrogens (tertiary/aromatic N) is 2. The van der Waals surface area contributed by atoms with Crippen LogP contribution in [0.25, 0.3) is 0 Å². The average molecular weight is 263 g/mol. The number of nitrogen functional groups attached to an aromatic ring is 1. The number of aromatic nitrogens is 2. The molecule has 2 aromatic rings. The minimum Gasteiger partial charge on any atom is -0.391 e. The van der Waals surface area contributed by atoms with Crippen LogP contribution in [-0.2, 0) is 6.61 Å². The Morgan fingerprint density at radius 2 is 2.33 bits per heavy atom. The number of rotatable bonds is 4. The molecule has 2 heterocycles. The highest BCUT2D eigenvalue weighted by molar-refractivity contribution is 7.10. The van der Waals surface area contributed by atoms with Gasteiger partial charge in [-0.3, -0.25) is 5.41 Å². The van der Waals surface area contributed by atoms with E-state index in [0.29, 0.717) is 16.9 Å². The number of hydrogen-bond donors (Lipinski definition) is 4. The zero-order valence-electron chi connectivity index (χ0n) is 9.77. The molecular formula is C11H13N5OS. The van der Waals surface area contributed by atoms with Gasteiger partial charge in [0.25, 0.3) is 0 Å². The Morgan fingerprint density at radius 1 is 1.56 bits per heavy atom. The van der Waals surface area contributed by atoms with Crippen LogP contribution < -0.4 is 11.1 Å². The first-order chi connectivity index (χ1) is 8.67. The highest BCUT2D eigenvalue weighted by atomic mass is 32.1. The number of hydrogen-bond acceptors (Lipinski definition) is 7. The molecule has 2 aromatic heterocycles. The van der Waals surface area contributed by atoms with Crippen molar-refractivity contribution in [1.29, 1.82) is 5.41 Å². The van der Waals surface area contributed by atoms with Crippen LogP contribution in [-0.4, -0.2) is 27.8 Å². The normalized spacial score (nSPS) is 10.3. The fraction of sp³-hybridized carbons (Fsp3) is 0.182. The van der Waals surface area contributed by atoms with Crippen molar-refractivity contribution in [2.75, 3.05) is 18.1 Å². The largest absolute Gasteiger partial charge is 0.391 e. The van der Waals surface area contributed by atoms with E-state index in [2.05, 4.69) is 15.3 Å². The first-order valence-electron chi connectivity index (χ1n) is 5.23. The van der Waals surface area contributed by atoms with Gasteiger partial charge in [-0.15, -0.1) is 11.3 Å². The molecule has 0 unspecified atom stereocenters. The van der Waals surface area contributed by atoms with E-state index in [9.17, 15) is 0 Å². The second kappa shape index (κ2) is 5.11. The van der Waals surface area contributed by atoms with Crippen LogP contribution in [0.15, 0.2) is 17.8 Å². The van der Waals surface area contributed by atoms with Crippen molar-refractivity contribution in [2.45, 2.75) is 6.61 Å². The zero-order valence-corrected chi connectivity index (χ0v) is 10.6. The number of aliphatic hydroxyl groups excluding tert-OH is 1. The Balaban J connectivity index is 2.45. The lowest BCUT2D eigenvalue weighted by molar-refractivity contribution is 0.285. The van der Waals surface area contributed by atoms with Crippen LogP contribution in [0.3, 0.4) is 0 Å². The smallest absolute Gasteiger partial charge is 0.140 e. The number of thiophene rings is 1. The van der Waals surface area contributed by atoms with Crippen molar-refractivity contribution < 1.29 is 5.11 Å². The molecule has 18 heavy (non-hydrogen) atoms. The van der Waals surface area contributed by atoms with Gasteiger partial charge in [-0.05, 0) is 6.07 Å². The minimum atomic E-state index is -0.0302. The molecule has 2 rings (SSSR count). The number of aliphatic hydroxyl groups is 1. The maximum absolute atomic E-state index is 9.04. The van der Waals surface area contributed by atoms with Crippen molar-refractivity contribution in [3.8, 4) is 0 Å². The fourth-order valence-corrected chi connectivity index (χ4v) is 2.31. The minimum absolute atomic E-state index is 0.0302. The summed E-state index contributed by atoms with van der Waals surface area (Å²) in [4.78, 5) is 8.75. The van der Waals surface area contributed by atoms with Gasteiger partial charge in [0.1, 0.15) is 18.0 Å². The number of anilines is 2. The second-order valence-electron chi connectivity index (χ2n) is 3.57. The van der Waals surface area contributed by atoms with Gasteiger partial charge in [-0.1, -0.05) is 0 Å². The van der Waals surface area contributed by atoms with Crippen molar-refractivity contribution in [3.05, 3.63) is 33.8 Å². The quantitative estimate of drug-likeness (QED) is 0.617. The van der Waals surface area contributed by atoms with Gasteiger partial charge in [-0.25, -0.2) is 9.97 Å². The SMILES string of the molecule is CNc1ncnc(N)c1C(=N)c1csc(CO)c1. The van der Waals surface area contributed by atoms with Crippen molar-refractivity contribution in [2.24, 2.45) is 0 Å². The van der Waals surface area contributed by atoms with E-state index in [4.69, 9.17) is 16.2 Å².